The molecule has 1 amide bonds. The number of aromatic nitrogens is 2. The first-order valence-corrected chi connectivity index (χ1v) is 7.61. The zero-order valence-corrected chi connectivity index (χ0v) is 13.4. The second kappa shape index (κ2) is 7.69. The van der Waals surface area contributed by atoms with Crippen LogP contribution in [0.3, 0.4) is 0 Å². The number of aryl methyl sites for hydroxylation is 1. The van der Waals surface area contributed by atoms with Crippen LogP contribution in [0, 0.1) is 0 Å². The van der Waals surface area contributed by atoms with Crippen LogP contribution in [0.4, 0.5) is 5.69 Å². The molecule has 0 aliphatic carbocycles. The number of anilines is 1. The lowest BCUT2D eigenvalue weighted by atomic mass is 10.2. The van der Waals surface area contributed by atoms with Gasteiger partial charge in [-0.1, -0.05) is 18.7 Å². The predicted octanol–water partition coefficient (Wildman–Crippen LogP) is 2.38. The van der Waals surface area contributed by atoms with Gasteiger partial charge in [-0.3, -0.25) is 4.79 Å². The van der Waals surface area contributed by atoms with Crippen molar-refractivity contribution >= 4 is 23.4 Å². The van der Waals surface area contributed by atoms with Crippen molar-refractivity contribution in [1.29, 1.82) is 0 Å². The molecule has 2 rings (SSSR count). The van der Waals surface area contributed by atoms with E-state index in [0.29, 0.717) is 34.7 Å². The molecule has 1 aromatic carbocycles. The van der Waals surface area contributed by atoms with Crippen molar-refractivity contribution in [2.45, 2.75) is 18.6 Å². The van der Waals surface area contributed by atoms with Crippen molar-refractivity contribution in [3.8, 4) is 11.5 Å². The Morgan fingerprint density at radius 2 is 1.91 bits per heavy atom. The van der Waals surface area contributed by atoms with Crippen molar-refractivity contribution in [2.75, 3.05) is 25.3 Å². The highest BCUT2D eigenvalue weighted by Gasteiger charge is 2.10. The Morgan fingerprint density at radius 1 is 1.23 bits per heavy atom. The smallest absolute Gasteiger partial charge is 0.277 e. The van der Waals surface area contributed by atoms with E-state index in [9.17, 15) is 4.79 Å². The number of nitrogens with zero attached hydrogens (tertiary/aromatic N) is 2. The van der Waals surface area contributed by atoms with Gasteiger partial charge in [-0.05, 0) is 0 Å². The number of methoxy groups -OCH3 is 2. The van der Waals surface area contributed by atoms with Crippen LogP contribution in [0.25, 0.3) is 0 Å². The molecule has 1 N–H and O–H groups in total. The van der Waals surface area contributed by atoms with E-state index in [-0.39, 0.29) is 11.7 Å². The summed E-state index contributed by atoms with van der Waals surface area (Å²) in [7, 11) is 3.11. The molecule has 0 saturated heterocycles. The van der Waals surface area contributed by atoms with Gasteiger partial charge in [0.15, 0.2) is 0 Å². The number of carbonyl (C=O) groups is 1. The maximum atomic E-state index is 12.0. The Balaban J connectivity index is 1.93. The van der Waals surface area contributed by atoms with Crippen molar-refractivity contribution in [3.05, 3.63) is 24.1 Å². The summed E-state index contributed by atoms with van der Waals surface area (Å²) in [4.78, 5) is 12.0. The SMILES string of the molecule is CCc1nnc(SCC(=O)Nc2cc(OC)cc(OC)c2)o1. The van der Waals surface area contributed by atoms with E-state index in [1.165, 1.54) is 11.8 Å². The van der Waals surface area contributed by atoms with Gasteiger partial charge >= 0.3 is 0 Å². The number of ether oxygens (including phenoxy) is 2. The molecule has 0 bridgehead atoms. The van der Waals surface area contributed by atoms with Crippen molar-refractivity contribution in [3.63, 3.8) is 0 Å². The summed E-state index contributed by atoms with van der Waals surface area (Å²) in [5.74, 6) is 1.75. The van der Waals surface area contributed by atoms with Gasteiger partial charge in [-0.15, -0.1) is 10.2 Å². The summed E-state index contributed by atoms with van der Waals surface area (Å²) in [6, 6.07) is 5.16. The number of rotatable bonds is 7. The van der Waals surface area contributed by atoms with Crippen LogP contribution in [-0.2, 0) is 11.2 Å². The average Bonchev–Trinajstić information content (AvgIpc) is 3.00. The lowest BCUT2D eigenvalue weighted by Crippen LogP contribution is -2.14. The Hall–Kier alpha value is -2.22. The van der Waals surface area contributed by atoms with Crippen molar-refractivity contribution in [1.82, 2.24) is 10.2 Å². The highest BCUT2D eigenvalue weighted by Crippen LogP contribution is 2.26. The van der Waals surface area contributed by atoms with Crippen LogP contribution in [0.15, 0.2) is 27.8 Å². The fraction of sp³-hybridized carbons (Fsp3) is 0.357. The maximum Gasteiger partial charge on any atom is 0.277 e. The number of nitrogens with one attached hydrogen (secondary N) is 1. The zero-order valence-electron chi connectivity index (χ0n) is 12.6. The second-order valence-corrected chi connectivity index (χ2v) is 5.18. The predicted molar refractivity (Wildman–Crippen MR) is 82.6 cm³/mol. The van der Waals surface area contributed by atoms with Crippen LogP contribution in [0.2, 0.25) is 0 Å². The fourth-order valence-electron chi connectivity index (χ4n) is 1.64. The second-order valence-electron chi connectivity index (χ2n) is 4.25. The van der Waals surface area contributed by atoms with Gasteiger partial charge in [0, 0.05) is 30.3 Å². The molecule has 1 heterocycles. The number of benzene rings is 1. The molecule has 0 saturated carbocycles. The number of hydrogen-bond donors (Lipinski definition) is 1. The molecule has 0 radical (unpaired) electrons. The molecule has 0 unspecified atom stereocenters. The molecular weight excluding hydrogens is 306 g/mol. The van der Waals surface area contributed by atoms with E-state index >= 15 is 0 Å². The van der Waals surface area contributed by atoms with Gasteiger partial charge in [-0.25, -0.2) is 0 Å². The first-order chi connectivity index (χ1) is 10.6. The number of thioether (sulfide) groups is 1. The summed E-state index contributed by atoms with van der Waals surface area (Å²) in [5, 5.41) is 10.8. The summed E-state index contributed by atoms with van der Waals surface area (Å²) < 4.78 is 15.6. The van der Waals surface area contributed by atoms with E-state index in [0.717, 1.165) is 0 Å². The topological polar surface area (TPSA) is 86.5 Å². The van der Waals surface area contributed by atoms with Crippen LogP contribution in [0.1, 0.15) is 12.8 Å². The summed E-state index contributed by atoms with van der Waals surface area (Å²) in [6.45, 7) is 1.92. The highest BCUT2D eigenvalue weighted by molar-refractivity contribution is 7.99. The monoisotopic (exact) mass is 323 g/mol. The summed E-state index contributed by atoms with van der Waals surface area (Å²) in [5.41, 5.74) is 0.599. The molecule has 0 atom stereocenters. The molecule has 2 aromatic rings. The number of carbonyl (C=O) groups excluding carboxylic acids is 1. The minimum Gasteiger partial charge on any atom is -0.497 e. The lowest BCUT2D eigenvalue weighted by Gasteiger charge is -2.09. The highest BCUT2D eigenvalue weighted by atomic mass is 32.2. The molecule has 0 fully saturated rings. The van der Waals surface area contributed by atoms with Gasteiger partial charge in [0.25, 0.3) is 5.22 Å². The van der Waals surface area contributed by atoms with E-state index in [4.69, 9.17) is 13.9 Å². The zero-order chi connectivity index (χ0) is 15.9. The van der Waals surface area contributed by atoms with Crippen LogP contribution in [0.5, 0.6) is 11.5 Å². The minimum absolute atomic E-state index is 0.172. The minimum atomic E-state index is -0.184. The van der Waals surface area contributed by atoms with Gasteiger partial charge in [-0.2, -0.15) is 0 Å². The molecule has 1 aromatic heterocycles. The van der Waals surface area contributed by atoms with Crippen LogP contribution >= 0.6 is 11.8 Å². The normalized spacial score (nSPS) is 10.3. The van der Waals surface area contributed by atoms with Gasteiger partial charge < -0.3 is 19.2 Å². The van der Waals surface area contributed by atoms with Gasteiger partial charge in [0.2, 0.25) is 11.8 Å². The van der Waals surface area contributed by atoms with Crippen LogP contribution < -0.4 is 14.8 Å². The van der Waals surface area contributed by atoms with E-state index in [2.05, 4.69) is 15.5 Å². The third kappa shape index (κ3) is 4.39. The first-order valence-electron chi connectivity index (χ1n) is 6.62. The Morgan fingerprint density at radius 3 is 2.45 bits per heavy atom. The molecule has 22 heavy (non-hydrogen) atoms. The van der Waals surface area contributed by atoms with E-state index in [1.807, 2.05) is 6.92 Å². The molecule has 0 spiro atoms. The fourth-order valence-corrected chi connectivity index (χ4v) is 2.22. The van der Waals surface area contributed by atoms with Crippen molar-refractivity contribution in [2.24, 2.45) is 0 Å². The Kier molecular flexibility index (Phi) is 5.65. The standard InChI is InChI=1S/C14H17N3O4S/c1-4-13-16-17-14(21-13)22-8-12(18)15-9-5-10(19-2)7-11(6-9)20-3/h5-7H,4,8H2,1-3H3,(H,15,18). The largest absolute Gasteiger partial charge is 0.497 e. The maximum absolute atomic E-state index is 12.0. The molecular formula is C14H17N3O4S. The molecule has 8 heteroatoms. The van der Waals surface area contributed by atoms with Gasteiger partial charge in [0.1, 0.15) is 11.5 Å². The van der Waals surface area contributed by atoms with Crippen LogP contribution in [-0.4, -0.2) is 36.1 Å². The number of hydrogen-bond acceptors (Lipinski definition) is 7. The Labute approximate surface area is 132 Å². The summed E-state index contributed by atoms with van der Waals surface area (Å²) in [6.07, 6.45) is 0.670. The molecule has 0 aliphatic heterocycles. The molecule has 7 nitrogen and oxygen atoms in total. The van der Waals surface area contributed by atoms with E-state index < -0.39 is 0 Å². The molecule has 0 aliphatic rings. The average molecular weight is 323 g/mol. The lowest BCUT2D eigenvalue weighted by molar-refractivity contribution is -0.113. The first kappa shape index (κ1) is 16.2. The van der Waals surface area contributed by atoms with E-state index in [1.54, 1.807) is 32.4 Å². The summed E-state index contributed by atoms with van der Waals surface area (Å²) >= 11 is 1.19. The third-order valence-electron chi connectivity index (χ3n) is 2.71. The third-order valence-corrected chi connectivity index (χ3v) is 3.53. The molecule has 118 valence electrons. The van der Waals surface area contributed by atoms with Crippen molar-refractivity contribution < 1.29 is 18.7 Å². The Bertz CT molecular complexity index is 623. The number of amides is 1. The van der Waals surface area contributed by atoms with Gasteiger partial charge in [0.05, 0.1) is 20.0 Å². The quantitative estimate of drug-likeness (QED) is 0.783.